The number of pyridine rings is 1. The minimum atomic E-state index is 0.0971. The third-order valence-corrected chi connectivity index (χ3v) is 6.38. The molecule has 6 heteroatoms. The van der Waals surface area contributed by atoms with Gasteiger partial charge < -0.3 is 9.64 Å². The van der Waals surface area contributed by atoms with Gasteiger partial charge >= 0.3 is 0 Å². The summed E-state index contributed by atoms with van der Waals surface area (Å²) in [5, 5.41) is 0. The van der Waals surface area contributed by atoms with Crippen molar-refractivity contribution < 1.29 is 9.53 Å². The standard InChI is InChI=1S/C23H25N3O2S/c1-16-22(29-15-24-16)23(27)26-12-6-8-18(14-26)20-10-5-9-19(25-20)13-17-7-3-4-11-21(17)28-2/h3-5,7,9-11,15,18H,6,8,12-14H2,1-2H3/t18-/m1/s1. The molecule has 0 N–H and O–H groups in total. The maximum Gasteiger partial charge on any atom is 0.265 e. The molecule has 4 rings (SSSR count). The molecule has 3 aromatic rings. The lowest BCUT2D eigenvalue weighted by atomic mass is 9.93. The Kier molecular flexibility index (Phi) is 5.90. The summed E-state index contributed by atoms with van der Waals surface area (Å²) < 4.78 is 5.47. The zero-order chi connectivity index (χ0) is 20.2. The van der Waals surface area contributed by atoms with Crippen molar-refractivity contribution in [3.05, 3.63) is 75.5 Å². The second-order valence-corrected chi connectivity index (χ2v) is 8.25. The quantitative estimate of drug-likeness (QED) is 0.626. The minimum Gasteiger partial charge on any atom is -0.496 e. The fourth-order valence-electron chi connectivity index (χ4n) is 3.92. The average molecular weight is 408 g/mol. The number of nitrogens with zero attached hydrogens (tertiary/aromatic N) is 3. The summed E-state index contributed by atoms with van der Waals surface area (Å²) in [5.41, 5.74) is 5.77. The highest BCUT2D eigenvalue weighted by Crippen LogP contribution is 2.28. The first-order chi connectivity index (χ1) is 14.2. The van der Waals surface area contributed by atoms with E-state index in [-0.39, 0.29) is 11.8 Å². The van der Waals surface area contributed by atoms with Crippen LogP contribution in [0.25, 0.3) is 0 Å². The molecule has 0 aliphatic carbocycles. The van der Waals surface area contributed by atoms with Gasteiger partial charge in [0.05, 0.1) is 18.3 Å². The first kappa shape index (κ1) is 19.6. The smallest absolute Gasteiger partial charge is 0.265 e. The summed E-state index contributed by atoms with van der Waals surface area (Å²) in [6.07, 6.45) is 2.77. The van der Waals surface area contributed by atoms with E-state index in [2.05, 4.69) is 29.2 Å². The van der Waals surface area contributed by atoms with Crippen LogP contribution in [0, 0.1) is 6.92 Å². The summed E-state index contributed by atoms with van der Waals surface area (Å²) >= 11 is 1.43. The topological polar surface area (TPSA) is 55.3 Å². The van der Waals surface area contributed by atoms with Gasteiger partial charge in [-0.05, 0) is 38.0 Å². The summed E-state index contributed by atoms with van der Waals surface area (Å²) in [5.74, 6) is 1.24. The predicted molar refractivity (Wildman–Crippen MR) is 115 cm³/mol. The van der Waals surface area contributed by atoms with Crippen LogP contribution in [-0.2, 0) is 6.42 Å². The number of ether oxygens (including phenoxy) is 1. The van der Waals surface area contributed by atoms with Crippen molar-refractivity contribution in [3.8, 4) is 5.75 Å². The number of benzene rings is 1. The van der Waals surface area contributed by atoms with Crippen LogP contribution in [0.2, 0.25) is 0 Å². The summed E-state index contributed by atoms with van der Waals surface area (Å²) in [6.45, 7) is 3.41. The van der Waals surface area contributed by atoms with Crippen LogP contribution < -0.4 is 4.74 Å². The normalized spacial score (nSPS) is 16.6. The largest absolute Gasteiger partial charge is 0.496 e. The number of carbonyl (C=O) groups is 1. The molecular weight excluding hydrogens is 382 g/mol. The molecule has 1 fully saturated rings. The van der Waals surface area contributed by atoms with E-state index in [4.69, 9.17) is 9.72 Å². The molecule has 0 radical (unpaired) electrons. The third kappa shape index (κ3) is 4.32. The SMILES string of the molecule is COc1ccccc1Cc1cccc([C@@H]2CCCN(C(=O)c3scnc3C)C2)n1. The van der Waals surface area contributed by atoms with Crippen molar-refractivity contribution >= 4 is 17.2 Å². The molecule has 5 nitrogen and oxygen atoms in total. The molecule has 1 aliphatic heterocycles. The highest BCUT2D eigenvalue weighted by Gasteiger charge is 2.28. The lowest BCUT2D eigenvalue weighted by Gasteiger charge is -2.32. The number of hydrogen-bond acceptors (Lipinski definition) is 5. The molecule has 1 amide bonds. The maximum absolute atomic E-state index is 12.9. The first-order valence-corrected chi connectivity index (χ1v) is 10.8. The minimum absolute atomic E-state index is 0.0971. The first-order valence-electron chi connectivity index (χ1n) is 9.93. The van der Waals surface area contributed by atoms with Crippen molar-refractivity contribution in [2.45, 2.75) is 32.1 Å². The van der Waals surface area contributed by atoms with Gasteiger partial charge in [-0.15, -0.1) is 11.3 Å². The molecule has 150 valence electrons. The predicted octanol–water partition coefficient (Wildman–Crippen LogP) is 4.47. The summed E-state index contributed by atoms with van der Waals surface area (Å²) in [4.78, 5) is 24.8. The molecule has 0 spiro atoms. The van der Waals surface area contributed by atoms with E-state index in [1.165, 1.54) is 11.3 Å². The Morgan fingerprint density at radius 2 is 2.10 bits per heavy atom. The number of methoxy groups -OCH3 is 1. The monoisotopic (exact) mass is 407 g/mol. The second kappa shape index (κ2) is 8.74. The van der Waals surface area contributed by atoms with E-state index in [1.54, 1.807) is 12.6 Å². The van der Waals surface area contributed by atoms with Crippen LogP contribution in [-0.4, -0.2) is 41.0 Å². The Bertz CT molecular complexity index is 1000. The van der Waals surface area contributed by atoms with Gasteiger partial charge in [0.1, 0.15) is 10.6 Å². The van der Waals surface area contributed by atoms with Gasteiger partial charge in [-0.2, -0.15) is 0 Å². The van der Waals surface area contributed by atoms with E-state index in [9.17, 15) is 4.79 Å². The van der Waals surface area contributed by atoms with Crippen molar-refractivity contribution in [1.29, 1.82) is 0 Å². The lowest BCUT2D eigenvalue weighted by Crippen LogP contribution is -2.39. The summed E-state index contributed by atoms with van der Waals surface area (Å²) in [7, 11) is 1.70. The van der Waals surface area contributed by atoms with Crippen LogP contribution in [0.1, 0.15) is 51.1 Å². The number of rotatable bonds is 5. The maximum atomic E-state index is 12.9. The van der Waals surface area contributed by atoms with Crippen LogP contribution in [0.3, 0.4) is 0 Å². The molecule has 29 heavy (non-hydrogen) atoms. The highest BCUT2D eigenvalue weighted by molar-refractivity contribution is 7.11. The number of aromatic nitrogens is 2. The van der Waals surface area contributed by atoms with Gasteiger partial charge in [0.15, 0.2) is 0 Å². The molecule has 1 saturated heterocycles. The van der Waals surface area contributed by atoms with Crippen molar-refractivity contribution in [2.24, 2.45) is 0 Å². The molecule has 1 atom stereocenters. The number of aryl methyl sites for hydroxylation is 1. The number of thiazole rings is 1. The fraction of sp³-hybridized carbons (Fsp3) is 0.348. The number of amides is 1. The average Bonchev–Trinajstić information content (AvgIpc) is 3.20. The van der Waals surface area contributed by atoms with E-state index < -0.39 is 0 Å². The molecule has 0 unspecified atom stereocenters. The second-order valence-electron chi connectivity index (χ2n) is 7.40. The third-order valence-electron chi connectivity index (χ3n) is 5.46. The zero-order valence-corrected chi connectivity index (χ0v) is 17.6. The Balaban J connectivity index is 1.50. The molecule has 1 aromatic carbocycles. The highest BCUT2D eigenvalue weighted by atomic mass is 32.1. The van der Waals surface area contributed by atoms with Gasteiger partial charge in [0, 0.05) is 42.4 Å². The van der Waals surface area contributed by atoms with Crippen molar-refractivity contribution in [1.82, 2.24) is 14.9 Å². The van der Waals surface area contributed by atoms with Crippen molar-refractivity contribution in [3.63, 3.8) is 0 Å². The van der Waals surface area contributed by atoms with Crippen LogP contribution in [0.4, 0.5) is 0 Å². The van der Waals surface area contributed by atoms with Crippen molar-refractivity contribution in [2.75, 3.05) is 20.2 Å². The lowest BCUT2D eigenvalue weighted by molar-refractivity contribution is 0.0710. The number of carbonyl (C=O) groups excluding carboxylic acids is 1. The zero-order valence-electron chi connectivity index (χ0n) is 16.8. The van der Waals surface area contributed by atoms with E-state index in [0.717, 1.165) is 59.1 Å². The number of hydrogen-bond donors (Lipinski definition) is 0. The molecule has 3 heterocycles. The Labute approximate surface area is 175 Å². The van der Waals surface area contributed by atoms with Gasteiger partial charge in [-0.25, -0.2) is 4.98 Å². The van der Waals surface area contributed by atoms with Crippen LogP contribution >= 0.6 is 11.3 Å². The van der Waals surface area contributed by atoms with Gasteiger partial charge in [0.2, 0.25) is 0 Å². The Morgan fingerprint density at radius 3 is 2.90 bits per heavy atom. The van der Waals surface area contributed by atoms with Gasteiger partial charge in [-0.1, -0.05) is 24.3 Å². The molecule has 2 aromatic heterocycles. The number of piperidine rings is 1. The fourth-order valence-corrected chi connectivity index (χ4v) is 4.69. The van der Waals surface area contributed by atoms with Crippen LogP contribution in [0.5, 0.6) is 5.75 Å². The van der Waals surface area contributed by atoms with Crippen LogP contribution in [0.15, 0.2) is 48.0 Å². The van der Waals surface area contributed by atoms with E-state index >= 15 is 0 Å². The molecular formula is C23H25N3O2S. The van der Waals surface area contributed by atoms with E-state index in [1.807, 2.05) is 30.0 Å². The molecule has 0 bridgehead atoms. The van der Waals surface area contributed by atoms with E-state index in [0.29, 0.717) is 6.54 Å². The van der Waals surface area contributed by atoms with Gasteiger partial charge in [0.25, 0.3) is 5.91 Å². The Hall–Kier alpha value is -2.73. The number of likely N-dealkylation sites (tertiary alicyclic amines) is 1. The summed E-state index contributed by atoms with van der Waals surface area (Å²) in [6, 6.07) is 14.3. The van der Waals surface area contributed by atoms with Gasteiger partial charge in [-0.3, -0.25) is 9.78 Å². The number of para-hydroxylation sites is 1. The molecule has 1 aliphatic rings. The molecule has 0 saturated carbocycles. The Morgan fingerprint density at radius 1 is 1.24 bits per heavy atom.